The van der Waals surface area contributed by atoms with Gasteiger partial charge in [-0.3, -0.25) is 0 Å². The van der Waals surface area contributed by atoms with Gasteiger partial charge in [0.15, 0.2) is 0 Å². The van der Waals surface area contributed by atoms with E-state index in [0.717, 1.165) is 11.1 Å². The number of halogens is 1. The maximum Gasteiger partial charge on any atom is 0.125 e. The first-order valence-corrected chi connectivity index (χ1v) is 6.19. The smallest absolute Gasteiger partial charge is 0.125 e. The van der Waals surface area contributed by atoms with Crippen molar-refractivity contribution >= 4 is 11.6 Å². The predicted molar refractivity (Wildman–Crippen MR) is 72.9 cm³/mol. The van der Waals surface area contributed by atoms with Crippen LogP contribution in [0.15, 0.2) is 48.5 Å². The number of rotatable bonds is 4. The van der Waals surface area contributed by atoms with Crippen molar-refractivity contribution in [1.82, 2.24) is 0 Å². The van der Waals surface area contributed by atoms with Crippen LogP contribution in [-0.4, -0.2) is 5.11 Å². The SMILES string of the molecule is CC(O)c1ccccc1OCc1cccc(Cl)c1. The van der Waals surface area contributed by atoms with E-state index in [0.29, 0.717) is 17.4 Å². The number of benzene rings is 2. The second-order valence-electron chi connectivity index (χ2n) is 4.13. The number of hydrogen-bond donors (Lipinski definition) is 1. The minimum atomic E-state index is -0.541. The van der Waals surface area contributed by atoms with Crippen LogP contribution in [0.2, 0.25) is 5.02 Å². The average Bonchev–Trinajstić information content (AvgIpc) is 2.37. The van der Waals surface area contributed by atoms with Crippen molar-refractivity contribution in [2.24, 2.45) is 0 Å². The number of aliphatic hydroxyl groups is 1. The summed E-state index contributed by atoms with van der Waals surface area (Å²) in [4.78, 5) is 0. The van der Waals surface area contributed by atoms with Crippen molar-refractivity contribution < 1.29 is 9.84 Å². The van der Waals surface area contributed by atoms with Crippen LogP contribution >= 0.6 is 11.6 Å². The summed E-state index contributed by atoms with van der Waals surface area (Å²) < 4.78 is 5.72. The molecule has 0 amide bonds. The van der Waals surface area contributed by atoms with Gasteiger partial charge in [0.25, 0.3) is 0 Å². The molecule has 1 atom stereocenters. The maximum absolute atomic E-state index is 9.64. The Bertz CT molecular complexity index is 523. The molecule has 18 heavy (non-hydrogen) atoms. The van der Waals surface area contributed by atoms with Gasteiger partial charge in [-0.25, -0.2) is 0 Å². The normalized spacial score (nSPS) is 12.2. The van der Waals surface area contributed by atoms with E-state index in [9.17, 15) is 5.11 Å². The summed E-state index contributed by atoms with van der Waals surface area (Å²) in [5, 5.41) is 10.3. The van der Waals surface area contributed by atoms with E-state index in [2.05, 4.69) is 0 Å². The summed E-state index contributed by atoms with van der Waals surface area (Å²) in [5.74, 6) is 0.701. The highest BCUT2D eigenvalue weighted by molar-refractivity contribution is 6.30. The number of aliphatic hydroxyl groups excluding tert-OH is 1. The third kappa shape index (κ3) is 3.25. The molecule has 0 aliphatic heterocycles. The van der Waals surface area contributed by atoms with Gasteiger partial charge >= 0.3 is 0 Å². The van der Waals surface area contributed by atoms with Crippen molar-refractivity contribution in [2.75, 3.05) is 0 Å². The highest BCUT2D eigenvalue weighted by Gasteiger charge is 2.08. The molecular weight excluding hydrogens is 248 g/mol. The highest BCUT2D eigenvalue weighted by Crippen LogP contribution is 2.25. The van der Waals surface area contributed by atoms with Crippen molar-refractivity contribution in [3.8, 4) is 5.75 Å². The Morgan fingerprint density at radius 2 is 1.94 bits per heavy atom. The molecule has 0 aliphatic carbocycles. The van der Waals surface area contributed by atoms with E-state index in [1.807, 2.05) is 48.5 Å². The highest BCUT2D eigenvalue weighted by atomic mass is 35.5. The molecule has 0 spiro atoms. The Kier molecular flexibility index (Phi) is 4.24. The predicted octanol–water partition coefficient (Wildman–Crippen LogP) is 3.97. The first-order valence-electron chi connectivity index (χ1n) is 5.81. The van der Waals surface area contributed by atoms with Gasteiger partial charge in [-0.2, -0.15) is 0 Å². The summed E-state index contributed by atoms with van der Waals surface area (Å²) >= 11 is 5.91. The lowest BCUT2D eigenvalue weighted by atomic mass is 10.1. The van der Waals surface area contributed by atoms with Crippen LogP contribution < -0.4 is 4.74 Å². The molecule has 3 heteroatoms. The molecule has 0 aromatic heterocycles. The van der Waals surface area contributed by atoms with Crippen LogP contribution in [0.4, 0.5) is 0 Å². The molecule has 2 aromatic carbocycles. The minimum absolute atomic E-state index is 0.435. The first-order chi connectivity index (χ1) is 8.66. The molecule has 1 N–H and O–H groups in total. The quantitative estimate of drug-likeness (QED) is 0.903. The van der Waals surface area contributed by atoms with Crippen molar-refractivity contribution in [2.45, 2.75) is 19.6 Å². The monoisotopic (exact) mass is 262 g/mol. The summed E-state index contributed by atoms with van der Waals surface area (Å²) in [6, 6.07) is 15.0. The summed E-state index contributed by atoms with van der Waals surface area (Å²) in [7, 11) is 0. The summed E-state index contributed by atoms with van der Waals surface area (Å²) in [6.07, 6.45) is -0.541. The van der Waals surface area contributed by atoms with Crippen LogP contribution in [-0.2, 0) is 6.61 Å². The Balaban J connectivity index is 2.11. The molecule has 2 nitrogen and oxygen atoms in total. The lowest BCUT2D eigenvalue weighted by Crippen LogP contribution is -2.00. The van der Waals surface area contributed by atoms with E-state index < -0.39 is 6.10 Å². The van der Waals surface area contributed by atoms with Crippen molar-refractivity contribution in [1.29, 1.82) is 0 Å². The number of ether oxygens (including phenoxy) is 1. The van der Waals surface area contributed by atoms with Gasteiger partial charge in [0.05, 0.1) is 6.10 Å². The largest absolute Gasteiger partial charge is 0.489 e. The van der Waals surface area contributed by atoms with E-state index >= 15 is 0 Å². The molecule has 0 bridgehead atoms. The lowest BCUT2D eigenvalue weighted by molar-refractivity contribution is 0.190. The summed E-state index contributed by atoms with van der Waals surface area (Å²) in [5.41, 5.74) is 1.79. The number of para-hydroxylation sites is 1. The van der Waals surface area contributed by atoms with E-state index in [-0.39, 0.29) is 0 Å². The maximum atomic E-state index is 9.64. The Morgan fingerprint density at radius 3 is 2.67 bits per heavy atom. The van der Waals surface area contributed by atoms with Crippen molar-refractivity contribution in [3.05, 3.63) is 64.7 Å². The Labute approximate surface area is 112 Å². The van der Waals surface area contributed by atoms with Gasteiger partial charge in [-0.05, 0) is 30.7 Å². The van der Waals surface area contributed by atoms with Crippen LogP contribution in [0.25, 0.3) is 0 Å². The zero-order valence-corrected chi connectivity index (χ0v) is 10.9. The molecule has 0 saturated carbocycles. The topological polar surface area (TPSA) is 29.5 Å². The molecule has 0 radical (unpaired) electrons. The molecule has 0 aliphatic rings. The van der Waals surface area contributed by atoms with Gasteiger partial charge < -0.3 is 9.84 Å². The first kappa shape index (κ1) is 12.9. The fraction of sp³-hybridized carbons (Fsp3) is 0.200. The van der Waals surface area contributed by atoms with Gasteiger partial charge in [0.2, 0.25) is 0 Å². The zero-order valence-electron chi connectivity index (χ0n) is 10.1. The Morgan fingerprint density at radius 1 is 1.17 bits per heavy atom. The van der Waals surface area contributed by atoms with Crippen molar-refractivity contribution in [3.63, 3.8) is 0 Å². The van der Waals surface area contributed by atoms with Crippen LogP contribution in [0.3, 0.4) is 0 Å². The second kappa shape index (κ2) is 5.89. The second-order valence-corrected chi connectivity index (χ2v) is 4.57. The fourth-order valence-electron chi connectivity index (χ4n) is 1.74. The molecule has 0 fully saturated rings. The minimum Gasteiger partial charge on any atom is -0.489 e. The van der Waals surface area contributed by atoms with Gasteiger partial charge in [-0.1, -0.05) is 41.9 Å². The van der Waals surface area contributed by atoms with Gasteiger partial charge in [-0.15, -0.1) is 0 Å². The third-order valence-electron chi connectivity index (χ3n) is 2.65. The van der Waals surface area contributed by atoms with Crippen LogP contribution in [0.5, 0.6) is 5.75 Å². The molecule has 2 rings (SSSR count). The van der Waals surface area contributed by atoms with E-state index in [1.54, 1.807) is 6.92 Å². The van der Waals surface area contributed by atoms with Gasteiger partial charge in [0.1, 0.15) is 12.4 Å². The Hall–Kier alpha value is -1.51. The average molecular weight is 263 g/mol. The molecule has 1 unspecified atom stereocenters. The zero-order chi connectivity index (χ0) is 13.0. The molecule has 0 saturated heterocycles. The third-order valence-corrected chi connectivity index (χ3v) is 2.89. The molecule has 0 heterocycles. The summed E-state index contributed by atoms with van der Waals surface area (Å²) in [6.45, 7) is 2.16. The molecule has 2 aromatic rings. The fourth-order valence-corrected chi connectivity index (χ4v) is 1.96. The molecular formula is C15H15ClO2. The standard InChI is InChI=1S/C15H15ClO2/c1-11(17)14-7-2-3-8-15(14)18-10-12-5-4-6-13(16)9-12/h2-9,11,17H,10H2,1H3. The van der Waals surface area contributed by atoms with Crippen LogP contribution in [0, 0.1) is 0 Å². The number of hydrogen-bond acceptors (Lipinski definition) is 2. The lowest BCUT2D eigenvalue weighted by Gasteiger charge is -2.13. The van der Waals surface area contributed by atoms with Crippen LogP contribution in [0.1, 0.15) is 24.2 Å². The molecule has 94 valence electrons. The van der Waals surface area contributed by atoms with Gasteiger partial charge in [0, 0.05) is 10.6 Å². The van der Waals surface area contributed by atoms with E-state index in [4.69, 9.17) is 16.3 Å². The van der Waals surface area contributed by atoms with E-state index in [1.165, 1.54) is 0 Å².